The highest BCUT2D eigenvalue weighted by molar-refractivity contribution is 5.29. The number of benzene rings is 2. The van der Waals surface area contributed by atoms with Gasteiger partial charge in [-0.2, -0.15) is 0 Å². The SMILES string of the molecule is Cc1cccc(C(Oc2ccc(F)c(F)c2)C(C)N)c1. The predicted molar refractivity (Wildman–Crippen MR) is 74.6 cm³/mol. The van der Waals surface area contributed by atoms with Crippen LogP contribution in [0.3, 0.4) is 0 Å². The van der Waals surface area contributed by atoms with Crippen molar-refractivity contribution in [1.29, 1.82) is 0 Å². The number of halogens is 2. The Morgan fingerprint density at radius 1 is 1.05 bits per heavy atom. The molecule has 4 heteroatoms. The van der Waals surface area contributed by atoms with Gasteiger partial charge >= 0.3 is 0 Å². The average molecular weight is 277 g/mol. The van der Waals surface area contributed by atoms with Gasteiger partial charge in [0.05, 0.1) is 0 Å². The molecule has 0 fully saturated rings. The molecule has 2 N–H and O–H groups in total. The second-order valence-electron chi connectivity index (χ2n) is 4.89. The highest BCUT2D eigenvalue weighted by atomic mass is 19.2. The third-order valence-corrected chi connectivity index (χ3v) is 3.00. The van der Waals surface area contributed by atoms with E-state index in [9.17, 15) is 8.78 Å². The van der Waals surface area contributed by atoms with Crippen molar-refractivity contribution in [2.75, 3.05) is 0 Å². The lowest BCUT2D eigenvalue weighted by atomic mass is 10.0. The van der Waals surface area contributed by atoms with E-state index < -0.39 is 17.7 Å². The van der Waals surface area contributed by atoms with Crippen LogP contribution >= 0.6 is 0 Å². The highest BCUT2D eigenvalue weighted by Crippen LogP contribution is 2.26. The molecule has 2 aromatic rings. The van der Waals surface area contributed by atoms with Crippen LogP contribution in [-0.2, 0) is 0 Å². The van der Waals surface area contributed by atoms with Crippen LogP contribution < -0.4 is 10.5 Å². The van der Waals surface area contributed by atoms with E-state index in [1.54, 1.807) is 0 Å². The fraction of sp³-hybridized carbons (Fsp3) is 0.250. The maximum Gasteiger partial charge on any atom is 0.162 e. The van der Waals surface area contributed by atoms with Crippen molar-refractivity contribution in [3.8, 4) is 5.75 Å². The zero-order valence-corrected chi connectivity index (χ0v) is 11.4. The summed E-state index contributed by atoms with van der Waals surface area (Å²) in [6.07, 6.45) is -0.417. The van der Waals surface area contributed by atoms with Gasteiger partial charge < -0.3 is 10.5 Å². The molecule has 2 aromatic carbocycles. The van der Waals surface area contributed by atoms with Gasteiger partial charge in [0.2, 0.25) is 0 Å². The molecule has 2 unspecified atom stereocenters. The number of hydrogen-bond donors (Lipinski definition) is 1. The van der Waals surface area contributed by atoms with Gasteiger partial charge in [-0.25, -0.2) is 8.78 Å². The molecule has 0 saturated carbocycles. The topological polar surface area (TPSA) is 35.2 Å². The Bertz CT molecular complexity index is 599. The third-order valence-electron chi connectivity index (χ3n) is 3.00. The van der Waals surface area contributed by atoms with Crippen molar-refractivity contribution in [3.05, 3.63) is 65.2 Å². The molecule has 20 heavy (non-hydrogen) atoms. The maximum atomic E-state index is 13.2. The molecule has 0 saturated heterocycles. The third kappa shape index (κ3) is 3.33. The first-order chi connectivity index (χ1) is 9.47. The van der Waals surface area contributed by atoms with E-state index in [4.69, 9.17) is 10.5 Å². The number of ether oxygens (including phenoxy) is 1. The number of rotatable bonds is 4. The summed E-state index contributed by atoms with van der Waals surface area (Å²) in [5, 5.41) is 0. The van der Waals surface area contributed by atoms with Gasteiger partial charge in [-0.05, 0) is 31.5 Å². The molecular weight excluding hydrogens is 260 g/mol. The minimum Gasteiger partial charge on any atom is -0.484 e. The van der Waals surface area contributed by atoms with Crippen molar-refractivity contribution in [2.24, 2.45) is 5.73 Å². The quantitative estimate of drug-likeness (QED) is 0.924. The Morgan fingerprint density at radius 2 is 1.80 bits per heavy atom. The lowest BCUT2D eigenvalue weighted by Gasteiger charge is -2.23. The van der Waals surface area contributed by atoms with Crippen LogP contribution in [0.25, 0.3) is 0 Å². The van der Waals surface area contributed by atoms with Crippen LogP contribution in [0.1, 0.15) is 24.2 Å². The summed E-state index contributed by atoms with van der Waals surface area (Å²) in [5.41, 5.74) is 7.93. The molecule has 2 rings (SSSR count). The molecule has 0 radical (unpaired) electrons. The van der Waals surface area contributed by atoms with E-state index in [2.05, 4.69) is 0 Å². The Morgan fingerprint density at radius 3 is 2.40 bits per heavy atom. The fourth-order valence-electron chi connectivity index (χ4n) is 2.02. The van der Waals surface area contributed by atoms with Crippen molar-refractivity contribution < 1.29 is 13.5 Å². The Balaban J connectivity index is 2.28. The first kappa shape index (κ1) is 14.5. The first-order valence-electron chi connectivity index (χ1n) is 6.41. The zero-order valence-electron chi connectivity index (χ0n) is 11.4. The average Bonchev–Trinajstić information content (AvgIpc) is 2.39. The molecule has 0 aliphatic carbocycles. The second kappa shape index (κ2) is 6.01. The van der Waals surface area contributed by atoms with E-state index in [-0.39, 0.29) is 11.8 Å². The number of nitrogens with two attached hydrogens (primary N) is 1. The minimum absolute atomic E-state index is 0.257. The van der Waals surface area contributed by atoms with Crippen LogP contribution in [0.4, 0.5) is 8.78 Å². The molecule has 0 spiro atoms. The summed E-state index contributed by atoms with van der Waals surface area (Å²) in [5.74, 6) is -1.58. The van der Waals surface area contributed by atoms with Gasteiger partial charge in [-0.15, -0.1) is 0 Å². The van der Waals surface area contributed by atoms with Crippen LogP contribution in [0.15, 0.2) is 42.5 Å². The van der Waals surface area contributed by atoms with E-state index in [1.165, 1.54) is 6.07 Å². The molecule has 0 aromatic heterocycles. The predicted octanol–water partition coefficient (Wildman–Crippen LogP) is 3.74. The monoisotopic (exact) mass is 277 g/mol. The van der Waals surface area contributed by atoms with E-state index in [0.29, 0.717) is 0 Å². The van der Waals surface area contributed by atoms with Crippen LogP contribution in [0, 0.1) is 18.6 Å². The Kier molecular flexibility index (Phi) is 4.35. The molecule has 0 aliphatic heterocycles. The fourth-order valence-corrected chi connectivity index (χ4v) is 2.02. The normalized spacial score (nSPS) is 13.8. The van der Waals surface area contributed by atoms with Gasteiger partial charge in [-0.1, -0.05) is 29.8 Å². The minimum atomic E-state index is -0.935. The number of aryl methyl sites for hydroxylation is 1. The lowest BCUT2D eigenvalue weighted by Crippen LogP contribution is -2.29. The van der Waals surface area contributed by atoms with Crippen molar-refractivity contribution in [1.82, 2.24) is 0 Å². The number of hydrogen-bond acceptors (Lipinski definition) is 2. The smallest absolute Gasteiger partial charge is 0.162 e. The van der Waals surface area contributed by atoms with E-state index >= 15 is 0 Å². The van der Waals surface area contributed by atoms with Gasteiger partial charge in [-0.3, -0.25) is 0 Å². The van der Waals surface area contributed by atoms with Crippen LogP contribution in [0.5, 0.6) is 5.75 Å². The van der Waals surface area contributed by atoms with Crippen LogP contribution in [-0.4, -0.2) is 6.04 Å². The lowest BCUT2D eigenvalue weighted by molar-refractivity contribution is 0.179. The summed E-state index contributed by atoms with van der Waals surface area (Å²) in [6, 6.07) is 10.9. The van der Waals surface area contributed by atoms with E-state index in [0.717, 1.165) is 23.3 Å². The van der Waals surface area contributed by atoms with Crippen molar-refractivity contribution in [2.45, 2.75) is 26.0 Å². The molecular formula is C16H17F2NO. The molecule has 2 nitrogen and oxygen atoms in total. The summed E-state index contributed by atoms with van der Waals surface area (Å²) >= 11 is 0. The highest BCUT2D eigenvalue weighted by Gasteiger charge is 2.19. The van der Waals surface area contributed by atoms with E-state index in [1.807, 2.05) is 38.1 Å². The first-order valence-corrected chi connectivity index (χ1v) is 6.41. The molecule has 0 aliphatic rings. The summed E-state index contributed by atoms with van der Waals surface area (Å²) in [6.45, 7) is 3.78. The van der Waals surface area contributed by atoms with Gasteiger partial charge in [0.25, 0.3) is 0 Å². The maximum absolute atomic E-state index is 13.2. The Labute approximate surface area is 117 Å². The van der Waals surface area contributed by atoms with Crippen molar-refractivity contribution >= 4 is 0 Å². The molecule has 0 heterocycles. The second-order valence-corrected chi connectivity index (χ2v) is 4.89. The molecule has 0 bridgehead atoms. The molecule has 2 atom stereocenters. The van der Waals surface area contributed by atoms with Gasteiger partial charge in [0.15, 0.2) is 11.6 Å². The molecule has 0 amide bonds. The van der Waals surface area contributed by atoms with Crippen LogP contribution in [0.2, 0.25) is 0 Å². The summed E-state index contributed by atoms with van der Waals surface area (Å²) < 4.78 is 31.8. The van der Waals surface area contributed by atoms with Gasteiger partial charge in [0, 0.05) is 12.1 Å². The largest absolute Gasteiger partial charge is 0.484 e. The zero-order chi connectivity index (χ0) is 14.7. The standard InChI is InChI=1S/C16H17F2NO/c1-10-4-3-5-12(8-10)16(11(2)19)20-13-6-7-14(17)15(18)9-13/h3-9,11,16H,19H2,1-2H3. The Hall–Kier alpha value is -1.94. The molecule has 106 valence electrons. The summed E-state index contributed by atoms with van der Waals surface area (Å²) in [7, 11) is 0. The summed E-state index contributed by atoms with van der Waals surface area (Å²) in [4.78, 5) is 0. The van der Waals surface area contributed by atoms with Crippen molar-refractivity contribution in [3.63, 3.8) is 0 Å². The van der Waals surface area contributed by atoms with Gasteiger partial charge in [0.1, 0.15) is 11.9 Å².